The maximum atomic E-state index is 10.8. The van der Waals surface area contributed by atoms with Crippen LogP contribution in [0.1, 0.15) is 6.42 Å². The molecule has 0 aromatic carbocycles. The normalized spacial score (nSPS) is 32.5. The van der Waals surface area contributed by atoms with Crippen molar-refractivity contribution in [3.8, 4) is 0 Å². The van der Waals surface area contributed by atoms with Crippen LogP contribution in [0, 0.1) is 0 Å². The Hall–Kier alpha value is -1.59. The van der Waals surface area contributed by atoms with Gasteiger partial charge in [0.15, 0.2) is 6.23 Å². The van der Waals surface area contributed by atoms with Crippen LogP contribution in [0.5, 0.6) is 0 Å². The molecule has 6 heteroatoms. The van der Waals surface area contributed by atoms with Crippen LogP contribution in [-0.4, -0.2) is 40.1 Å². The predicted octanol–water partition coefficient (Wildman–Crippen LogP) is -1.45. The molecule has 0 unspecified atom stereocenters. The molecular formula is C6H5NO5. The van der Waals surface area contributed by atoms with Crippen molar-refractivity contribution >= 4 is 17.8 Å². The highest BCUT2D eigenvalue weighted by Gasteiger charge is 2.56. The first kappa shape index (κ1) is 7.08. The summed E-state index contributed by atoms with van der Waals surface area (Å²) >= 11 is 0. The van der Waals surface area contributed by atoms with Crippen LogP contribution in [0.4, 0.5) is 0 Å². The van der Waals surface area contributed by atoms with Crippen LogP contribution >= 0.6 is 0 Å². The molecule has 0 radical (unpaired) electrons. The first-order chi connectivity index (χ1) is 5.61. The molecule has 2 aliphatic rings. The first-order valence-corrected chi connectivity index (χ1v) is 3.35. The third-order valence-electron chi connectivity index (χ3n) is 1.94. The van der Waals surface area contributed by atoms with Crippen molar-refractivity contribution in [1.82, 2.24) is 4.90 Å². The maximum absolute atomic E-state index is 10.8. The summed E-state index contributed by atoms with van der Waals surface area (Å²) in [7, 11) is 0. The zero-order valence-corrected chi connectivity index (χ0v) is 5.89. The van der Waals surface area contributed by atoms with Gasteiger partial charge in [0.05, 0.1) is 6.42 Å². The van der Waals surface area contributed by atoms with Crippen molar-refractivity contribution in [2.75, 3.05) is 0 Å². The van der Waals surface area contributed by atoms with Gasteiger partial charge in [0, 0.05) is 0 Å². The molecule has 2 aliphatic heterocycles. The lowest BCUT2D eigenvalue weighted by Gasteiger charge is -2.32. The minimum atomic E-state index is -1.42. The van der Waals surface area contributed by atoms with Crippen molar-refractivity contribution in [1.29, 1.82) is 0 Å². The van der Waals surface area contributed by atoms with Crippen LogP contribution in [0.15, 0.2) is 0 Å². The minimum absolute atomic E-state index is 0.107. The molecular weight excluding hydrogens is 166 g/mol. The summed E-state index contributed by atoms with van der Waals surface area (Å²) in [5.41, 5.74) is 0. The number of carbonyl (C=O) groups is 3. The molecule has 2 atom stereocenters. The molecule has 0 aromatic rings. The largest absolute Gasteiger partial charge is 0.479 e. The summed E-state index contributed by atoms with van der Waals surface area (Å²) in [6.45, 7) is 0. The summed E-state index contributed by atoms with van der Waals surface area (Å²) in [5.74, 6) is -2.54. The molecule has 6 nitrogen and oxygen atoms in total. The summed E-state index contributed by atoms with van der Waals surface area (Å²) in [5, 5.41) is 8.53. The molecule has 2 rings (SSSR count). The minimum Gasteiger partial charge on any atom is -0.479 e. The molecule has 1 amide bonds. The molecule has 2 fully saturated rings. The van der Waals surface area contributed by atoms with Gasteiger partial charge in [-0.05, 0) is 0 Å². The number of aliphatic carboxylic acids is 1. The zero-order chi connectivity index (χ0) is 8.88. The number of β-lactam (4-membered cyclic amide) rings is 1. The average molecular weight is 171 g/mol. The topological polar surface area (TPSA) is 83.9 Å². The second kappa shape index (κ2) is 1.96. The van der Waals surface area contributed by atoms with E-state index in [1.807, 2.05) is 0 Å². The van der Waals surface area contributed by atoms with Crippen LogP contribution in [0.25, 0.3) is 0 Å². The quantitative estimate of drug-likeness (QED) is 0.296. The molecule has 2 saturated heterocycles. The molecule has 12 heavy (non-hydrogen) atoms. The number of hydrogen-bond donors (Lipinski definition) is 1. The Kier molecular flexibility index (Phi) is 1.16. The smallest absolute Gasteiger partial charge is 0.342 e. The van der Waals surface area contributed by atoms with E-state index in [1.165, 1.54) is 0 Å². The van der Waals surface area contributed by atoms with Gasteiger partial charge in [-0.15, -0.1) is 0 Å². The van der Waals surface area contributed by atoms with E-state index in [-0.39, 0.29) is 12.3 Å². The number of nitrogens with zero attached hydrogens (tertiary/aromatic N) is 1. The molecule has 0 bridgehead atoms. The Morgan fingerprint density at radius 3 is 2.67 bits per heavy atom. The van der Waals surface area contributed by atoms with E-state index in [4.69, 9.17) is 5.11 Å². The number of rotatable bonds is 1. The van der Waals surface area contributed by atoms with Crippen molar-refractivity contribution in [2.24, 2.45) is 0 Å². The van der Waals surface area contributed by atoms with Gasteiger partial charge in [-0.25, -0.2) is 9.59 Å². The zero-order valence-electron chi connectivity index (χ0n) is 5.89. The number of amides is 1. The number of carboxylic acids is 1. The van der Waals surface area contributed by atoms with Crippen LogP contribution < -0.4 is 0 Å². The van der Waals surface area contributed by atoms with Crippen molar-refractivity contribution in [3.05, 3.63) is 0 Å². The van der Waals surface area contributed by atoms with E-state index >= 15 is 0 Å². The average Bonchev–Trinajstić information content (AvgIpc) is 2.22. The lowest BCUT2D eigenvalue weighted by molar-refractivity contribution is -0.163. The van der Waals surface area contributed by atoms with E-state index in [1.54, 1.807) is 0 Å². The summed E-state index contributed by atoms with van der Waals surface area (Å²) in [4.78, 5) is 33.0. The predicted molar refractivity (Wildman–Crippen MR) is 32.8 cm³/mol. The highest BCUT2D eigenvalue weighted by atomic mass is 16.6. The summed E-state index contributed by atoms with van der Waals surface area (Å²) < 4.78 is 4.59. The molecule has 0 aromatic heterocycles. The van der Waals surface area contributed by atoms with Gasteiger partial charge in [0.1, 0.15) is 0 Å². The monoisotopic (exact) mass is 171 g/mol. The molecule has 0 aliphatic carbocycles. The molecule has 0 spiro atoms. The second-order valence-electron chi connectivity index (χ2n) is 2.64. The van der Waals surface area contributed by atoms with E-state index in [9.17, 15) is 14.4 Å². The van der Waals surface area contributed by atoms with Crippen molar-refractivity contribution in [2.45, 2.75) is 18.7 Å². The Labute approximate surface area is 66.7 Å². The Balaban J connectivity index is 2.26. The number of hydrogen-bond acceptors (Lipinski definition) is 4. The van der Waals surface area contributed by atoms with Gasteiger partial charge in [-0.3, -0.25) is 9.69 Å². The summed E-state index contributed by atoms with van der Waals surface area (Å²) in [6.07, 6.45) is -0.527. The Morgan fingerprint density at radius 1 is 1.58 bits per heavy atom. The second-order valence-corrected chi connectivity index (χ2v) is 2.64. The van der Waals surface area contributed by atoms with E-state index in [0.717, 1.165) is 4.90 Å². The fourth-order valence-corrected chi connectivity index (χ4v) is 1.34. The lowest BCUT2D eigenvalue weighted by atomic mass is 10.1. The fraction of sp³-hybridized carbons (Fsp3) is 0.500. The fourth-order valence-electron chi connectivity index (χ4n) is 1.34. The highest BCUT2D eigenvalue weighted by molar-refractivity contribution is 6.05. The van der Waals surface area contributed by atoms with E-state index in [0.29, 0.717) is 0 Å². The number of esters is 1. The lowest BCUT2D eigenvalue weighted by Crippen LogP contribution is -2.55. The van der Waals surface area contributed by atoms with E-state index < -0.39 is 24.2 Å². The van der Waals surface area contributed by atoms with Gasteiger partial charge in [0.2, 0.25) is 11.9 Å². The third kappa shape index (κ3) is 0.662. The maximum Gasteiger partial charge on any atom is 0.342 e. The molecule has 0 saturated carbocycles. The Morgan fingerprint density at radius 2 is 2.25 bits per heavy atom. The van der Waals surface area contributed by atoms with Crippen LogP contribution in [0.3, 0.4) is 0 Å². The number of carboxylic acid groups (broad SMARTS) is 1. The van der Waals surface area contributed by atoms with Gasteiger partial charge in [-0.2, -0.15) is 0 Å². The van der Waals surface area contributed by atoms with Crippen LogP contribution in [0.2, 0.25) is 0 Å². The van der Waals surface area contributed by atoms with Crippen LogP contribution in [-0.2, 0) is 19.1 Å². The number of carbonyl (C=O) groups excluding carboxylic acids is 2. The van der Waals surface area contributed by atoms with Gasteiger partial charge >= 0.3 is 11.9 Å². The van der Waals surface area contributed by atoms with Gasteiger partial charge < -0.3 is 9.84 Å². The molecule has 1 N–H and O–H groups in total. The molecule has 64 valence electrons. The SMILES string of the molecule is O=C(O)[C@H]1C(=O)O[C@@H]2CC(=O)N12. The first-order valence-electron chi connectivity index (χ1n) is 3.35. The number of fused-ring (bicyclic) bond motifs is 1. The van der Waals surface area contributed by atoms with Crippen molar-refractivity contribution < 1.29 is 24.2 Å². The van der Waals surface area contributed by atoms with E-state index in [2.05, 4.69) is 4.74 Å². The number of ether oxygens (including phenoxy) is 1. The standard InChI is InChI=1S/C6H5NO5/c8-2-1-3-7(2)4(5(9)10)6(11)12-3/h3-4H,1H2,(H,9,10)/t3-,4+/m1/s1. The highest BCUT2D eigenvalue weighted by Crippen LogP contribution is 2.30. The Bertz CT molecular complexity index is 286. The van der Waals surface area contributed by atoms with Gasteiger partial charge in [-0.1, -0.05) is 0 Å². The van der Waals surface area contributed by atoms with Crippen molar-refractivity contribution in [3.63, 3.8) is 0 Å². The third-order valence-corrected chi connectivity index (χ3v) is 1.94. The molecule has 2 heterocycles. The van der Waals surface area contributed by atoms with Gasteiger partial charge in [0.25, 0.3) is 0 Å². The summed E-state index contributed by atoms with van der Waals surface area (Å²) in [6, 6.07) is -1.42.